The molecule has 0 saturated heterocycles. The van der Waals surface area contributed by atoms with Gasteiger partial charge in [0.1, 0.15) is 5.60 Å². The Morgan fingerprint density at radius 2 is 1.86 bits per heavy atom. The van der Waals surface area contributed by atoms with Crippen LogP contribution in [0.2, 0.25) is 0 Å². The molecule has 0 spiro atoms. The number of nitrogens with zero attached hydrogens (tertiary/aromatic N) is 1. The van der Waals surface area contributed by atoms with E-state index in [1.54, 1.807) is 0 Å². The molecule has 2 N–H and O–H groups in total. The van der Waals surface area contributed by atoms with E-state index in [0.29, 0.717) is 6.42 Å². The lowest BCUT2D eigenvalue weighted by Gasteiger charge is -2.22. The normalized spacial score (nSPS) is 14.2. The molecular weight excluding hydrogens is 260 g/mol. The Bertz CT molecular complexity index is 744. The molecule has 108 valence electrons. The van der Waals surface area contributed by atoms with E-state index in [0.717, 1.165) is 28.6 Å². The van der Waals surface area contributed by atoms with Gasteiger partial charge in [-0.3, -0.25) is 5.10 Å². The van der Waals surface area contributed by atoms with Crippen LogP contribution in [0.25, 0.3) is 10.9 Å². The van der Waals surface area contributed by atoms with Crippen molar-refractivity contribution in [1.82, 2.24) is 10.2 Å². The summed E-state index contributed by atoms with van der Waals surface area (Å²) in [5, 5.41) is 19.2. The SMILES string of the molecule is Cc1cccc2c(C(C)(O)CCc3ccccc3)[nH]nc12. The third kappa shape index (κ3) is 2.69. The van der Waals surface area contributed by atoms with Gasteiger partial charge in [-0.05, 0) is 37.8 Å². The molecule has 3 nitrogen and oxygen atoms in total. The summed E-state index contributed by atoms with van der Waals surface area (Å²) in [5.74, 6) is 0. The van der Waals surface area contributed by atoms with Crippen molar-refractivity contribution < 1.29 is 5.11 Å². The maximum absolute atomic E-state index is 10.9. The molecule has 0 aliphatic rings. The Labute approximate surface area is 124 Å². The number of aliphatic hydroxyl groups is 1. The van der Waals surface area contributed by atoms with Crippen LogP contribution in [-0.2, 0) is 12.0 Å². The second-order valence-electron chi connectivity index (χ2n) is 5.83. The van der Waals surface area contributed by atoms with Crippen LogP contribution in [0.15, 0.2) is 48.5 Å². The molecule has 0 bridgehead atoms. The zero-order valence-corrected chi connectivity index (χ0v) is 12.4. The van der Waals surface area contributed by atoms with Crippen molar-refractivity contribution in [1.29, 1.82) is 0 Å². The smallest absolute Gasteiger partial charge is 0.104 e. The number of aromatic amines is 1. The summed E-state index contributed by atoms with van der Waals surface area (Å²) < 4.78 is 0. The van der Waals surface area contributed by atoms with Gasteiger partial charge in [-0.1, -0.05) is 48.5 Å². The Morgan fingerprint density at radius 3 is 2.62 bits per heavy atom. The highest BCUT2D eigenvalue weighted by Crippen LogP contribution is 2.31. The third-order valence-corrected chi connectivity index (χ3v) is 4.07. The molecular formula is C18H20N2O. The standard InChI is InChI=1S/C18H20N2O/c1-13-7-6-10-15-16(13)19-20-17(15)18(2,21)12-11-14-8-4-3-5-9-14/h3-10,21H,11-12H2,1-2H3,(H,19,20). The van der Waals surface area contributed by atoms with Crippen LogP contribution in [0.3, 0.4) is 0 Å². The molecule has 2 aromatic carbocycles. The number of para-hydroxylation sites is 1. The Morgan fingerprint density at radius 1 is 1.10 bits per heavy atom. The highest BCUT2D eigenvalue weighted by atomic mass is 16.3. The first-order valence-corrected chi connectivity index (χ1v) is 7.28. The highest BCUT2D eigenvalue weighted by Gasteiger charge is 2.27. The molecule has 3 aromatic rings. The number of aromatic nitrogens is 2. The topological polar surface area (TPSA) is 48.9 Å². The maximum Gasteiger partial charge on any atom is 0.104 e. The average Bonchev–Trinajstić information content (AvgIpc) is 2.93. The minimum atomic E-state index is -0.918. The number of aryl methyl sites for hydroxylation is 2. The fraction of sp³-hybridized carbons (Fsp3) is 0.278. The number of hydrogen-bond donors (Lipinski definition) is 2. The van der Waals surface area contributed by atoms with Crippen LogP contribution in [0.1, 0.15) is 30.2 Å². The van der Waals surface area contributed by atoms with E-state index in [-0.39, 0.29) is 0 Å². The van der Waals surface area contributed by atoms with Crippen molar-refractivity contribution >= 4 is 10.9 Å². The summed E-state index contributed by atoms with van der Waals surface area (Å²) in [6, 6.07) is 16.3. The Kier molecular flexibility index (Phi) is 3.52. The summed E-state index contributed by atoms with van der Waals surface area (Å²) >= 11 is 0. The van der Waals surface area contributed by atoms with E-state index >= 15 is 0 Å². The minimum absolute atomic E-state index is 0.655. The van der Waals surface area contributed by atoms with E-state index in [9.17, 15) is 5.11 Å². The molecule has 3 rings (SSSR count). The quantitative estimate of drug-likeness (QED) is 0.765. The zero-order chi connectivity index (χ0) is 14.9. The van der Waals surface area contributed by atoms with Gasteiger partial charge in [0.05, 0.1) is 11.2 Å². The lowest BCUT2D eigenvalue weighted by molar-refractivity contribution is 0.0449. The van der Waals surface area contributed by atoms with Gasteiger partial charge in [0.15, 0.2) is 0 Å². The fourth-order valence-electron chi connectivity index (χ4n) is 2.75. The molecule has 21 heavy (non-hydrogen) atoms. The van der Waals surface area contributed by atoms with Gasteiger partial charge in [-0.2, -0.15) is 5.10 Å². The molecule has 0 radical (unpaired) electrons. The Balaban J connectivity index is 1.88. The molecule has 1 unspecified atom stereocenters. The largest absolute Gasteiger partial charge is 0.384 e. The van der Waals surface area contributed by atoms with Crippen LogP contribution in [0.4, 0.5) is 0 Å². The van der Waals surface area contributed by atoms with Crippen molar-refractivity contribution in [2.75, 3.05) is 0 Å². The van der Waals surface area contributed by atoms with Gasteiger partial charge >= 0.3 is 0 Å². The molecule has 1 heterocycles. The van der Waals surface area contributed by atoms with Crippen LogP contribution in [-0.4, -0.2) is 15.3 Å². The first-order valence-electron chi connectivity index (χ1n) is 7.28. The van der Waals surface area contributed by atoms with Crippen molar-refractivity contribution in [2.24, 2.45) is 0 Å². The molecule has 0 saturated carbocycles. The van der Waals surface area contributed by atoms with E-state index in [2.05, 4.69) is 22.3 Å². The number of hydrogen-bond acceptors (Lipinski definition) is 2. The van der Waals surface area contributed by atoms with E-state index in [1.165, 1.54) is 5.56 Å². The van der Waals surface area contributed by atoms with Crippen molar-refractivity contribution in [3.05, 3.63) is 65.4 Å². The first-order chi connectivity index (χ1) is 10.1. The van der Waals surface area contributed by atoms with Crippen LogP contribution in [0, 0.1) is 6.92 Å². The Hall–Kier alpha value is -2.13. The molecule has 3 heteroatoms. The summed E-state index contributed by atoms with van der Waals surface area (Å²) in [7, 11) is 0. The number of fused-ring (bicyclic) bond motifs is 1. The van der Waals surface area contributed by atoms with Gasteiger partial charge in [0, 0.05) is 5.39 Å². The predicted octanol–water partition coefficient (Wildman–Crippen LogP) is 3.71. The zero-order valence-electron chi connectivity index (χ0n) is 12.4. The predicted molar refractivity (Wildman–Crippen MR) is 85.2 cm³/mol. The second kappa shape index (κ2) is 5.34. The first kappa shape index (κ1) is 13.8. The number of benzene rings is 2. The monoisotopic (exact) mass is 280 g/mol. The molecule has 1 aromatic heterocycles. The van der Waals surface area contributed by atoms with E-state index in [1.807, 2.05) is 50.2 Å². The lowest BCUT2D eigenvalue weighted by Crippen LogP contribution is -2.23. The molecule has 0 aliphatic carbocycles. The summed E-state index contributed by atoms with van der Waals surface area (Å²) in [4.78, 5) is 0. The molecule has 0 fully saturated rings. The number of H-pyrrole nitrogens is 1. The summed E-state index contributed by atoms with van der Waals surface area (Å²) in [6.07, 6.45) is 1.49. The summed E-state index contributed by atoms with van der Waals surface area (Å²) in [5.41, 5.74) is 3.18. The maximum atomic E-state index is 10.9. The van der Waals surface area contributed by atoms with Gasteiger partial charge < -0.3 is 5.11 Å². The lowest BCUT2D eigenvalue weighted by atomic mass is 9.91. The van der Waals surface area contributed by atoms with E-state index in [4.69, 9.17) is 0 Å². The fourth-order valence-corrected chi connectivity index (χ4v) is 2.75. The summed E-state index contributed by atoms with van der Waals surface area (Å²) in [6.45, 7) is 3.89. The van der Waals surface area contributed by atoms with Crippen LogP contribution in [0.5, 0.6) is 0 Å². The second-order valence-corrected chi connectivity index (χ2v) is 5.83. The molecule has 1 atom stereocenters. The highest BCUT2D eigenvalue weighted by molar-refractivity contribution is 5.84. The molecule has 0 aliphatic heterocycles. The van der Waals surface area contributed by atoms with Crippen molar-refractivity contribution in [2.45, 2.75) is 32.3 Å². The van der Waals surface area contributed by atoms with Crippen LogP contribution >= 0.6 is 0 Å². The minimum Gasteiger partial charge on any atom is -0.384 e. The van der Waals surface area contributed by atoms with E-state index < -0.39 is 5.60 Å². The third-order valence-electron chi connectivity index (χ3n) is 4.07. The number of rotatable bonds is 4. The van der Waals surface area contributed by atoms with Crippen molar-refractivity contribution in [3.63, 3.8) is 0 Å². The van der Waals surface area contributed by atoms with Crippen LogP contribution < -0.4 is 0 Å². The van der Waals surface area contributed by atoms with Gasteiger partial charge in [0.2, 0.25) is 0 Å². The van der Waals surface area contributed by atoms with Crippen molar-refractivity contribution in [3.8, 4) is 0 Å². The average molecular weight is 280 g/mol. The van der Waals surface area contributed by atoms with Gasteiger partial charge in [-0.15, -0.1) is 0 Å². The molecule has 0 amide bonds. The number of nitrogens with one attached hydrogen (secondary N) is 1. The van der Waals surface area contributed by atoms with Gasteiger partial charge in [0.25, 0.3) is 0 Å². The van der Waals surface area contributed by atoms with Gasteiger partial charge in [-0.25, -0.2) is 0 Å².